The predicted molar refractivity (Wildman–Crippen MR) is 135 cm³/mol. The van der Waals surface area contributed by atoms with Gasteiger partial charge < -0.3 is 20.3 Å². The van der Waals surface area contributed by atoms with Crippen LogP contribution < -0.4 is 15.4 Å². The van der Waals surface area contributed by atoms with Crippen molar-refractivity contribution in [3.8, 4) is 5.75 Å². The first-order valence-corrected chi connectivity index (χ1v) is 12.3. The van der Waals surface area contributed by atoms with E-state index in [2.05, 4.69) is 15.5 Å². The number of ketones is 2. The molecule has 0 saturated carbocycles. The predicted octanol–water partition coefficient (Wildman–Crippen LogP) is 2.99. The van der Waals surface area contributed by atoms with Crippen LogP contribution in [0.15, 0.2) is 70.4 Å². The zero-order valence-electron chi connectivity index (χ0n) is 19.8. The SMILES string of the molecule is Cc1ccc2c(c1)N=C1C3=C(C(=O)c4ccccc4C3=O)C(NCCCN3CCNCC3)=CC1O2. The molecule has 2 aliphatic heterocycles. The van der Waals surface area contributed by atoms with Crippen molar-refractivity contribution in [1.82, 2.24) is 15.5 Å². The number of Topliss-reactive ketones (excluding diaryl/α,β-unsaturated/α-hetero) is 2. The second-order valence-corrected chi connectivity index (χ2v) is 9.41. The van der Waals surface area contributed by atoms with Crippen molar-refractivity contribution >= 4 is 23.0 Å². The molecule has 0 bridgehead atoms. The van der Waals surface area contributed by atoms with Gasteiger partial charge in [0.25, 0.3) is 0 Å². The van der Waals surface area contributed by atoms with Gasteiger partial charge >= 0.3 is 0 Å². The fourth-order valence-corrected chi connectivity index (χ4v) is 5.23. The molecule has 0 aromatic heterocycles. The van der Waals surface area contributed by atoms with E-state index in [1.54, 1.807) is 24.3 Å². The molecule has 2 aromatic rings. The number of nitrogens with zero attached hydrogens (tertiary/aromatic N) is 2. The third-order valence-electron chi connectivity index (χ3n) is 7.02. The number of aryl methyl sites for hydroxylation is 1. The highest BCUT2D eigenvalue weighted by molar-refractivity contribution is 6.40. The number of piperazine rings is 1. The van der Waals surface area contributed by atoms with E-state index in [9.17, 15) is 9.59 Å². The van der Waals surface area contributed by atoms with Crippen molar-refractivity contribution in [3.05, 3.63) is 82.1 Å². The highest BCUT2D eigenvalue weighted by Gasteiger charge is 2.42. The summed E-state index contributed by atoms with van der Waals surface area (Å²) in [4.78, 5) is 34.6. The molecule has 2 N–H and O–H groups in total. The Morgan fingerprint density at radius 3 is 2.57 bits per heavy atom. The average Bonchev–Trinajstić information content (AvgIpc) is 2.88. The third kappa shape index (κ3) is 3.90. The molecular formula is C28H28N4O3. The van der Waals surface area contributed by atoms with E-state index in [0.29, 0.717) is 51.7 Å². The summed E-state index contributed by atoms with van der Waals surface area (Å²) in [7, 11) is 0. The number of fused-ring (bicyclic) bond motifs is 4. The topological polar surface area (TPSA) is 83.0 Å². The number of rotatable bonds is 5. The van der Waals surface area contributed by atoms with Crippen molar-refractivity contribution < 1.29 is 14.3 Å². The molecular weight excluding hydrogens is 440 g/mol. The number of ether oxygens (including phenoxy) is 1. The van der Waals surface area contributed by atoms with E-state index in [0.717, 1.165) is 44.7 Å². The summed E-state index contributed by atoms with van der Waals surface area (Å²) in [5.41, 5.74) is 4.54. The smallest absolute Gasteiger partial charge is 0.196 e. The number of nitrogens with one attached hydrogen (secondary N) is 2. The van der Waals surface area contributed by atoms with E-state index in [1.165, 1.54) is 0 Å². The van der Waals surface area contributed by atoms with Gasteiger partial charge in [-0.2, -0.15) is 0 Å². The van der Waals surface area contributed by atoms with E-state index >= 15 is 0 Å². The van der Waals surface area contributed by atoms with Crippen LogP contribution in [0.2, 0.25) is 0 Å². The van der Waals surface area contributed by atoms with Gasteiger partial charge in [-0.15, -0.1) is 0 Å². The number of aliphatic imine (C=N–C) groups is 1. The summed E-state index contributed by atoms with van der Waals surface area (Å²) < 4.78 is 6.28. The Morgan fingerprint density at radius 2 is 1.80 bits per heavy atom. The molecule has 2 aromatic carbocycles. The van der Waals surface area contributed by atoms with Crippen LogP contribution >= 0.6 is 0 Å². The standard InChI is InChI=1S/C28H28N4O3/c1-17-7-8-22-20(15-17)31-26-23(35-22)16-21(30-9-4-12-32-13-10-29-11-14-32)24-25(26)28(34)19-6-3-2-5-18(19)27(24)33/h2-3,5-8,15-16,23,29-30H,4,9-14H2,1H3. The first-order valence-electron chi connectivity index (χ1n) is 12.3. The normalized spacial score (nSPS) is 21.2. The lowest BCUT2D eigenvalue weighted by Gasteiger charge is -2.33. The monoisotopic (exact) mass is 468 g/mol. The quantitative estimate of drug-likeness (QED) is 0.657. The van der Waals surface area contributed by atoms with Crippen molar-refractivity contribution in [1.29, 1.82) is 0 Å². The highest BCUT2D eigenvalue weighted by Crippen LogP contribution is 2.41. The van der Waals surface area contributed by atoms with Crippen LogP contribution in [0.25, 0.3) is 0 Å². The fourth-order valence-electron chi connectivity index (χ4n) is 5.23. The Hall–Kier alpha value is -3.55. The van der Waals surface area contributed by atoms with Crippen molar-refractivity contribution in [3.63, 3.8) is 0 Å². The molecule has 1 saturated heterocycles. The summed E-state index contributed by atoms with van der Waals surface area (Å²) in [6.07, 6.45) is 2.32. The lowest BCUT2D eigenvalue weighted by atomic mass is 9.76. The van der Waals surface area contributed by atoms with Crippen molar-refractivity contribution in [2.45, 2.75) is 19.4 Å². The summed E-state index contributed by atoms with van der Waals surface area (Å²) in [6.45, 7) is 7.83. The minimum absolute atomic E-state index is 0.146. The van der Waals surface area contributed by atoms with E-state index in [1.807, 2.05) is 31.2 Å². The molecule has 2 aliphatic carbocycles. The van der Waals surface area contributed by atoms with Crippen LogP contribution in [0, 0.1) is 6.92 Å². The van der Waals surface area contributed by atoms with Gasteiger partial charge in [0.1, 0.15) is 11.4 Å². The molecule has 7 nitrogen and oxygen atoms in total. The lowest BCUT2D eigenvalue weighted by Crippen LogP contribution is -2.44. The number of hydrogen-bond donors (Lipinski definition) is 2. The summed E-state index contributed by atoms with van der Waals surface area (Å²) in [6, 6.07) is 12.9. The first-order chi connectivity index (χ1) is 17.1. The van der Waals surface area contributed by atoms with Gasteiger partial charge in [-0.25, -0.2) is 4.99 Å². The lowest BCUT2D eigenvalue weighted by molar-refractivity contribution is 0.0978. The number of carbonyl (C=O) groups is 2. The van der Waals surface area contributed by atoms with Crippen LogP contribution in [0.5, 0.6) is 5.75 Å². The summed E-state index contributed by atoms with van der Waals surface area (Å²) in [5.74, 6) is 0.358. The molecule has 2 heterocycles. The fraction of sp³-hybridized carbons (Fsp3) is 0.321. The molecule has 6 rings (SSSR count). The van der Waals surface area contributed by atoms with Gasteiger partial charge in [0.05, 0.1) is 16.9 Å². The Labute approximate surface area is 204 Å². The molecule has 0 spiro atoms. The molecule has 1 fully saturated rings. The molecule has 0 amide bonds. The van der Waals surface area contributed by atoms with Gasteiger partial charge in [-0.1, -0.05) is 30.3 Å². The van der Waals surface area contributed by atoms with E-state index < -0.39 is 6.10 Å². The Balaban J connectivity index is 1.35. The minimum Gasteiger partial charge on any atom is -0.478 e. The average molecular weight is 469 g/mol. The Morgan fingerprint density at radius 1 is 1.06 bits per heavy atom. The largest absolute Gasteiger partial charge is 0.478 e. The zero-order valence-corrected chi connectivity index (χ0v) is 19.8. The maximum atomic E-state index is 13.7. The molecule has 1 unspecified atom stereocenters. The minimum atomic E-state index is -0.526. The zero-order chi connectivity index (χ0) is 23.9. The van der Waals surface area contributed by atoms with E-state index in [-0.39, 0.29) is 11.6 Å². The maximum Gasteiger partial charge on any atom is 0.196 e. The van der Waals surface area contributed by atoms with Gasteiger partial charge in [0, 0.05) is 49.5 Å². The van der Waals surface area contributed by atoms with Crippen LogP contribution in [0.3, 0.4) is 0 Å². The molecule has 7 heteroatoms. The van der Waals surface area contributed by atoms with Gasteiger partial charge in [-0.3, -0.25) is 9.59 Å². The molecule has 1 atom stereocenters. The second kappa shape index (κ2) is 8.91. The molecule has 35 heavy (non-hydrogen) atoms. The van der Waals surface area contributed by atoms with Crippen molar-refractivity contribution in [2.24, 2.45) is 4.99 Å². The van der Waals surface area contributed by atoms with Crippen molar-refractivity contribution in [2.75, 3.05) is 39.3 Å². The molecule has 0 radical (unpaired) electrons. The van der Waals surface area contributed by atoms with Gasteiger partial charge in [-0.05, 0) is 43.7 Å². The number of hydrogen-bond acceptors (Lipinski definition) is 7. The molecule has 4 aliphatic rings. The Kier molecular flexibility index (Phi) is 5.59. The van der Waals surface area contributed by atoms with E-state index in [4.69, 9.17) is 9.73 Å². The second-order valence-electron chi connectivity index (χ2n) is 9.41. The van der Waals surface area contributed by atoms with Crippen LogP contribution in [-0.2, 0) is 0 Å². The van der Waals surface area contributed by atoms with Crippen LogP contribution in [0.1, 0.15) is 32.7 Å². The number of benzene rings is 2. The third-order valence-corrected chi connectivity index (χ3v) is 7.02. The highest BCUT2D eigenvalue weighted by atomic mass is 16.5. The first kappa shape index (κ1) is 21.9. The van der Waals surface area contributed by atoms with Crippen LogP contribution in [-0.4, -0.2) is 67.6 Å². The van der Waals surface area contributed by atoms with Gasteiger partial charge in [0.15, 0.2) is 17.7 Å². The number of allylic oxidation sites excluding steroid dienone is 1. The Bertz CT molecular complexity index is 1320. The maximum absolute atomic E-state index is 13.7. The van der Waals surface area contributed by atoms with Crippen LogP contribution in [0.4, 0.5) is 5.69 Å². The summed E-state index contributed by atoms with van der Waals surface area (Å²) >= 11 is 0. The molecule has 178 valence electrons. The summed E-state index contributed by atoms with van der Waals surface area (Å²) in [5, 5.41) is 6.84. The number of carbonyl (C=O) groups excluding carboxylic acids is 2. The van der Waals surface area contributed by atoms with Gasteiger partial charge in [0.2, 0.25) is 0 Å².